The molecule has 0 N–H and O–H groups in total. The minimum atomic E-state index is 0.746. The van der Waals surface area contributed by atoms with Crippen LogP contribution in [-0.2, 0) is 0 Å². The summed E-state index contributed by atoms with van der Waals surface area (Å²) in [4.78, 5) is 9.22. The van der Waals surface area contributed by atoms with E-state index in [4.69, 9.17) is 9.47 Å². The van der Waals surface area contributed by atoms with Crippen molar-refractivity contribution in [3.8, 4) is 11.5 Å². The van der Waals surface area contributed by atoms with Gasteiger partial charge in [0.1, 0.15) is 11.5 Å². The van der Waals surface area contributed by atoms with Crippen LogP contribution >= 0.6 is 0 Å². The van der Waals surface area contributed by atoms with Crippen molar-refractivity contribution in [2.24, 2.45) is 30.4 Å². The van der Waals surface area contributed by atoms with Crippen LogP contribution in [0.3, 0.4) is 0 Å². The van der Waals surface area contributed by atoms with Crippen LogP contribution in [0.2, 0.25) is 0 Å². The van der Waals surface area contributed by atoms with Gasteiger partial charge in [-0.05, 0) is 121 Å². The van der Waals surface area contributed by atoms with Crippen molar-refractivity contribution in [3.05, 3.63) is 132 Å². The molecule has 5 rings (SSSR count). The standard InChI is InChI=1S/C44H48N6O2/c1-3-5-7-9-31-51-43-27-23-41(24-28-43)49-47-39-15-11-35(12-16-39)33-45-37-19-21-38(22-20-37)46-34-36-13-17-40(18-14-36)48-50-42-25-29-44(30-26-42)52-32-10-8-6-4-2/h11-30,33-34H,3-10,31-32H2,1-2H3. The van der Waals surface area contributed by atoms with Crippen LogP contribution in [0.4, 0.5) is 34.1 Å². The monoisotopic (exact) mass is 692 g/mol. The molecule has 0 aliphatic carbocycles. The Morgan fingerprint density at radius 1 is 0.365 bits per heavy atom. The maximum atomic E-state index is 5.81. The SMILES string of the molecule is CCCCCCOc1ccc(N=Nc2ccc(C=Nc3ccc(N=Cc4ccc(N=Nc5ccc(OCCCCCC)cc5)cc4)cc3)cc2)cc1. The van der Waals surface area contributed by atoms with Gasteiger partial charge in [0.15, 0.2) is 0 Å². The summed E-state index contributed by atoms with van der Waals surface area (Å²) in [6.07, 6.45) is 13.2. The Balaban J connectivity index is 1.04. The lowest BCUT2D eigenvalue weighted by Crippen LogP contribution is -1.96. The molecule has 0 heterocycles. The summed E-state index contributed by atoms with van der Waals surface area (Å²) >= 11 is 0. The third-order valence-electron chi connectivity index (χ3n) is 8.13. The number of rotatable bonds is 20. The average molecular weight is 693 g/mol. The largest absolute Gasteiger partial charge is 0.494 e. The molecule has 8 heteroatoms. The van der Waals surface area contributed by atoms with Crippen LogP contribution in [0.15, 0.2) is 152 Å². The maximum Gasteiger partial charge on any atom is 0.119 e. The van der Waals surface area contributed by atoms with Gasteiger partial charge in [-0.2, -0.15) is 20.5 Å². The number of azo groups is 2. The van der Waals surface area contributed by atoms with E-state index in [1.165, 1.54) is 38.5 Å². The van der Waals surface area contributed by atoms with Crippen LogP contribution in [0.25, 0.3) is 0 Å². The van der Waals surface area contributed by atoms with Gasteiger partial charge in [0.2, 0.25) is 0 Å². The van der Waals surface area contributed by atoms with Gasteiger partial charge in [0.25, 0.3) is 0 Å². The van der Waals surface area contributed by atoms with E-state index < -0.39 is 0 Å². The van der Waals surface area contributed by atoms with E-state index in [1.807, 2.05) is 134 Å². The molecule has 0 aromatic heterocycles. The van der Waals surface area contributed by atoms with Crippen molar-refractivity contribution in [3.63, 3.8) is 0 Å². The second-order valence-electron chi connectivity index (χ2n) is 12.4. The van der Waals surface area contributed by atoms with E-state index >= 15 is 0 Å². The van der Waals surface area contributed by atoms with Gasteiger partial charge in [-0.1, -0.05) is 76.6 Å². The predicted molar refractivity (Wildman–Crippen MR) is 214 cm³/mol. The molecule has 5 aromatic rings. The molecule has 0 saturated heterocycles. The maximum absolute atomic E-state index is 5.81. The summed E-state index contributed by atoms with van der Waals surface area (Å²) in [5.41, 5.74) is 6.74. The summed E-state index contributed by atoms with van der Waals surface area (Å²) in [5, 5.41) is 17.4. The normalized spacial score (nSPS) is 11.7. The Morgan fingerprint density at radius 3 is 1.00 bits per heavy atom. The van der Waals surface area contributed by atoms with Crippen molar-refractivity contribution in [1.29, 1.82) is 0 Å². The Hall–Kier alpha value is -5.76. The molecule has 0 aliphatic heterocycles. The van der Waals surface area contributed by atoms with Gasteiger partial charge in [-0.25, -0.2) is 0 Å². The highest BCUT2D eigenvalue weighted by molar-refractivity contribution is 5.83. The van der Waals surface area contributed by atoms with Crippen LogP contribution in [-0.4, -0.2) is 25.6 Å². The first kappa shape index (κ1) is 37.5. The Kier molecular flexibility index (Phi) is 15.5. The number of nitrogens with zero attached hydrogens (tertiary/aromatic N) is 6. The quantitative estimate of drug-likeness (QED) is 0.0461. The van der Waals surface area contributed by atoms with E-state index in [9.17, 15) is 0 Å². The molecule has 0 bridgehead atoms. The topological polar surface area (TPSA) is 92.6 Å². The van der Waals surface area contributed by atoms with Crippen LogP contribution in [0, 0.1) is 0 Å². The van der Waals surface area contributed by atoms with Crippen molar-refractivity contribution in [2.75, 3.05) is 13.2 Å². The summed E-state index contributed by atoms with van der Waals surface area (Å²) in [6.45, 7) is 5.91. The molecule has 0 amide bonds. The first-order chi connectivity index (χ1) is 25.7. The molecule has 0 unspecified atom stereocenters. The van der Waals surface area contributed by atoms with Gasteiger partial charge in [0, 0.05) is 12.4 Å². The number of benzene rings is 5. The lowest BCUT2D eigenvalue weighted by Gasteiger charge is -2.05. The molecule has 0 fully saturated rings. The first-order valence-corrected chi connectivity index (χ1v) is 18.3. The van der Waals surface area contributed by atoms with Gasteiger partial charge >= 0.3 is 0 Å². The molecular weight excluding hydrogens is 645 g/mol. The zero-order chi connectivity index (χ0) is 36.1. The molecule has 0 atom stereocenters. The van der Waals surface area contributed by atoms with Crippen LogP contribution in [0.1, 0.15) is 76.3 Å². The molecule has 52 heavy (non-hydrogen) atoms. The van der Waals surface area contributed by atoms with Crippen LogP contribution in [0.5, 0.6) is 11.5 Å². The van der Waals surface area contributed by atoms with Gasteiger partial charge in [-0.15, -0.1) is 0 Å². The summed E-state index contributed by atoms with van der Waals surface area (Å²) in [5.74, 6) is 1.72. The number of aliphatic imine (C=N–C) groups is 2. The molecule has 0 aliphatic rings. The summed E-state index contributed by atoms with van der Waals surface area (Å²) in [6, 6.07) is 38.8. The smallest absolute Gasteiger partial charge is 0.119 e. The minimum absolute atomic E-state index is 0.746. The second-order valence-corrected chi connectivity index (χ2v) is 12.4. The molecule has 5 aromatic carbocycles. The number of hydrogen-bond acceptors (Lipinski definition) is 8. The van der Waals surface area contributed by atoms with E-state index in [0.717, 1.165) is 82.8 Å². The number of unbranched alkanes of at least 4 members (excludes halogenated alkanes) is 6. The van der Waals surface area contributed by atoms with Gasteiger partial charge < -0.3 is 9.47 Å². The van der Waals surface area contributed by atoms with E-state index in [2.05, 4.69) is 44.3 Å². The fraction of sp³-hybridized carbons (Fsp3) is 0.273. The lowest BCUT2D eigenvalue weighted by molar-refractivity contribution is 0.305. The van der Waals surface area contributed by atoms with Crippen molar-refractivity contribution in [1.82, 2.24) is 0 Å². The predicted octanol–water partition coefficient (Wildman–Crippen LogP) is 13.9. The molecule has 266 valence electrons. The zero-order valence-electron chi connectivity index (χ0n) is 30.3. The van der Waals surface area contributed by atoms with Crippen molar-refractivity contribution in [2.45, 2.75) is 65.2 Å². The zero-order valence-corrected chi connectivity index (χ0v) is 30.3. The number of hydrogen-bond donors (Lipinski definition) is 0. The van der Waals surface area contributed by atoms with E-state index in [-0.39, 0.29) is 0 Å². The number of ether oxygens (including phenoxy) is 2. The van der Waals surface area contributed by atoms with Crippen molar-refractivity contribution < 1.29 is 9.47 Å². The molecule has 8 nitrogen and oxygen atoms in total. The van der Waals surface area contributed by atoms with Crippen molar-refractivity contribution >= 4 is 46.6 Å². The summed E-state index contributed by atoms with van der Waals surface area (Å²) < 4.78 is 11.6. The minimum Gasteiger partial charge on any atom is -0.494 e. The fourth-order valence-electron chi connectivity index (χ4n) is 5.06. The van der Waals surface area contributed by atoms with Gasteiger partial charge in [0.05, 0.1) is 47.3 Å². The summed E-state index contributed by atoms with van der Waals surface area (Å²) in [7, 11) is 0. The second kappa shape index (κ2) is 21.5. The third-order valence-corrected chi connectivity index (χ3v) is 8.13. The molecule has 0 saturated carbocycles. The van der Waals surface area contributed by atoms with Crippen LogP contribution < -0.4 is 9.47 Å². The first-order valence-electron chi connectivity index (χ1n) is 18.3. The fourth-order valence-corrected chi connectivity index (χ4v) is 5.06. The van der Waals surface area contributed by atoms with Gasteiger partial charge in [-0.3, -0.25) is 9.98 Å². The van der Waals surface area contributed by atoms with E-state index in [0.29, 0.717) is 0 Å². The molecule has 0 spiro atoms. The Labute approximate surface area is 308 Å². The highest BCUT2D eigenvalue weighted by Crippen LogP contribution is 2.24. The average Bonchev–Trinajstić information content (AvgIpc) is 3.19. The Morgan fingerprint density at radius 2 is 0.673 bits per heavy atom. The third kappa shape index (κ3) is 13.5. The highest BCUT2D eigenvalue weighted by Gasteiger charge is 1.99. The molecule has 0 radical (unpaired) electrons. The molecular formula is C44H48N6O2. The van der Waals surface area contributed by atoms with E-state index in [1.54, 1.807) is 0 Å². The highest BCUT2D eigenvalue weighted by atomic mass is 16.5. The lowest BCUT2D eigenvalue weighted by atomic mass is 10.2. The Bertz CT molecular complexity index is 1720.